The van der Waals surface area contributed by atoms with Crippen molar-refractivity contribution >= 4 is 0 Å². The number of hydrogen-bond donors (Lipinski definition) is 2. The highest BCUT2D eigenvalue weighted by molar-refractivity contribution is 5.52. The molecular formula is C11H14FNO2. The van der Waals surface area contributed by atoms with E-state index in [4.69, 9.17) is 10.5 Å². The molecule has 1 aliphatic carbocycles. The van der Waals surface area contributed by atoms with Crippen LogP contribution < -0.4 is 10.5 Å². The van der Waals surface area contributed by atoms with Gasteiger partial charge in [0.25, 0.3) is 0 Å². The van der Waals surface area contributed by atoms with Crippen LogP contribution in [-0.2, 0) is 5.41 Å². The molecule has 0 saturated heterocycles. The maximum Gasteiger partial charge on any atom is 0.196 e. The molecule has 0 heterocycles. The molecule has 1 saturated carbocycles. The first-order valence-electron chi connectivity index (χ1n) is 4.90. The molecule has 0 radical (unpaired) electrons. The molecule has 1 aromatic carbocycles. The lowest BCUT2D eigenvalue weighted by atomic mass is 9.95. The van der Waals surface area contributed by atoms with Gasteiger partial charge >= 0.3 is 0 Å². The van der Waals surface area contributed by atoms with Crippen molar-refractivity contribution in [1.29, 1.82) is 0 Å². The van der Waals surface area contributed by atoms with Crippen molar-refractivity contribution in [3.63, 3.8) is 0 Å². The first kappa shape index (κ1) is 10.2. The largest absolute Gasteiger partial charge is 0.504 e. The van der Waals surface area contributed by atoms with E-state index in [1.54, 1.807) is 6.07 Å². The number of rotatable bonds is 3. The van der Waals surface area contributed by atoms with Gasteiger partial charge in [-0.05, 0) is 18.9 Å². The van der Waals surface area contributed by atoms with E-state index in [1.165, 1.54) is 13.2 Å². The monoisotopic (exact) mass is 211 g/mol. The quantitative estimate of drug-likeness (QED) is 0.797. The second kappa shape index (κ2) is 3.38. The molecule has 0 atom stereocenters. The van der Waals surface area contributed by atoms with Gasteiger partial charge < -0.3 is 15.6 Å². The maximum atomic E-state index is 13.2. The minimum atomic E-state index is -0.549. The Balaban J connectivity index is 2.50. The fraction of sp³-hybridized carbons (Fsp3) is 0.455. The van der Waals surface area contributed by atoms with Crippen LogP contribution in [0.4, 0.5) is 4.39 Å². The second-order valence-electron chi connectivity index (χ2n) is 3.96. The molecule has 0 amide bonds. The van der Waals surface area contributed by atoms with E-state index in [-0.39, 0.29) is 16.9 Å². The van der Waals surface area contributed by atoms with Crippen molar-refractivity contribution < 1.29 is 14.2 Å². The molecule has 1 aromatic rings. The zero-order chi connectivity index (χ0) is 11.1. The van der Waals surface area contributed by atoms with Gasteiger partial charge in [0.05, 0.1) is 7.11 Å². The lowest BCUT2D eigenvalue weighted by Crippen LogP contribution is -2.20. The molecule has 2 rings (SSSR count). The number of nitrogens with two attached hydrogens (primary N) is 1. The van der Waals surface area contributed by atoms with Gasteiger partial charge in [0.1, 0.15) is 0 Å². The summed E-state index contributed by atoms with van der Waals surface area (Å²) in [6.07, 6.45) is 1.87. The Bertz CT molecular complexity index is 388. The van der Waals surface area contributed by atoms with E-state index in [2.05, 4.69) is 0 Å². The van der Waals surface area contributed by atoms with Crippen LogP contribution in [0.1, 0.15) is 18.4 Å². The highest BCUT2D eigenvalue weighted by Crippen LogP contribution is 2.52. The molecule has 82 valence electrons. The van der Waals surface area contributed by atoms with Crippen molar-refractivity contribution in [2.75, 3.05) is 13.7 Å². The number of halogens is 1. The summed E-state index contributed by atoms with van der Waals surface area (Å²) in [5.41, 5.74) is 6.19. The highest BCUT2D eigenvalue weighted by Gasteiger charge is 2.45. The van der Waals surface area contributed by atoms with Crippen LogP contribution in [0.5, 0.6) is 11.5 Å². The molecule has 0 bridgehead atoms. The summed E-state index contributed by atoms with van der Waals surface area (Å²) < 4.78 is 18.0. The number of phenolic OH excluding ortho intramolecular Hbond substituents is 1. The number of benzene rings is 1. The molecule has 4 heteroatoms. The molecule has 3 N–H and O–H groups in total. The third kappa shape index (κ3) is 1.45. The van der Waals surface area contributed by atoms with E-state index >= 15 is 0 Å². The van der Waals surface area contributed by atoms with E-state index in [1.807, 2.05) is 0 Å². The fourth-order valence-electron chi connectivity index (χ4n) is 1.90. The van der Waals surface area contributed by atoms with Gasteiger partial charge in [0, 0.05) is 17.5 Å². The van der Waals surface area contributed by atoms with Crippen LogP contribution >= 0.6 is 0 Å². The number of hydrogen-bond acceptors (Lipinski definition) is 3. The van der Waals surface area contributed by atoms with Crippen molar-refractivity contribution in [3.8, 4) is 11.5 Å². The Morgan fingerprint density at radius 1 is 1.53 bits per heavy atom. The number of methoxy groups -OCH3 is 1. The summed E-state index contributed by atoms with van der Waals surface area (Å²) in [4.78, 5) is 0. The summed E-state index contributed by atoms with van der Waals surface area (Å²) in [6.45, 7) is 0.468. The minimum Gasteiger partial charge on any atom is -0.504 e. The van der Waals surface area contributed by atoms with Crippen LogP contribution in [0.15, 0.2) is 12.1 Å². The zero-order valence-corrected chi connectivity index (χ0v) is 8.59. The van der Waals surface area contributed by atoms with E-state index in [0.29, 0.717) is 12.1 Å². The molecule has 0 spiro atoms. The average Bonchev–Trinajstić information content (AvgIpc) is 2.99. The smallest absolute Gasteiger partial charge is 0.196 e. The van der Waals surface area contributed by atoms with Gasteiger partial charge in [-0.2, -0.15) is 0 Å². The Hall–Kier alpha value is -1.29. The SMILES string of the molecule is COc1c(F)ccc(C2(CN)CC2)c1O. The van der Waals surface area contributed by atoms with Crippen LogP contribution in [0.2, 0.25) is 0 Å². The fourth-order valence-corrected chi connectivity index (χ4v) is 1.90. The Kier molecular flexibility index (Phi) is 2.31. The molecule has 1 fully saturated rings. The van der Waals surface area contributed by atoms with Gasteiger partial charge in [-0.1, -0.05) is 6.07 Å². The molecule has 1 aliphatic rings. The van der Waals surface area contributed by atoms with E-state index in [0.717, 1.165) is 12.8 Å². The predicted octanol–water partition coefficient (Wildman–Crippen LogP) is 1.53. The number of ether oxygens (including phenoxy) is 1. The van der Waals surface area contributed by atoms with Crippen molar-refractivity contribution in [2.45, 2.75) is 18.3 Å². The van der Waals surface area contributed by atoms with Gasteiger partial charge in [0.15, 0.2) is 17.3 Å². The first-order chi connectivity index (χ1) is 7.14. The summed E-state index contributed by atoms with van der Waals surface area (Å²) in [5.74, 6) is -0.751. The summed E-state index contributed by atoms with van der Waals surface area (Å²) in [7, 11) is 1.34. The molecule has 15 heavy (non-hydrogen) atoms. The molecule has 0 aromatic heterocycles. The van der Waals surface area contributed by atoms with Gasteiger partial charge in [0.2, 0.25) is 0 Å². The van der Waals surface area contributed by atoms with Crippen LogP contribution in [0, 0.1) is 5.82 Å². The lowest BCUT2D eigenvalue weighted by Gasteiger charge is -2.16. The summed E-state index contributed by atoms with van der Waals surface area (Å²) in [5, 5.41) is 9.86. The third-order valence-corrected chi connectivity index (χ3v) is 3.10. The van der Waals surface area contributed by atoms with Crippen LogP contribution in [0.25, 0.3) is 0 Å². The molecule has 3 nitrogen and oxygen atoms in total. The number of aromatic hydroxyl groups is 1. The maximum absolute atomic E-state index is 13.2. The Morgan fingerprint density at radius 2 is 2.20 bits per heavy atom. The van der Waals surface area contributed by atoms with E-state index in [9.17, 15) is 9.50 Å². The highest BCUT2D eigenvalue weighted by atomic mass is 19.1. The molecule has 0 aliphatic heterocycles. The average molecular weight is 211 g/mol. The Labute approximate surface area is 87.7 Å². The molecular weight excluding hydrogens is 197 g/mol. The second-order valence-corrected chi connectivity index (χ2v) is 3.96. The third-order valence-electron chi connectivity index (χ3n) is 3.10. The summed E-state index contributed by atoms with van der Waals surface area (Å²) in [6, 6.07) is 2.90. The van der Waals surface area contributed by atoms with Crippen molar-refractivity contribution in [3.05, 3.63) is 23.5 Å². The Morgan fingerprint density at radius 3 is 2.67 bits per heavy atom. The predicted molar refractivity (Wildman–Crippen MR) is 54.6 cm³/mol. The lowest BCUT2D eigenvalue weighted by molar-refractivity contribution is 0.346. The number of phenols is 1. The zero-order valence-electron chi connectivity index (χ0n) is 8.59. The standard InChI is InChI=1S/C11H14FNO2/c1-15-10-8(12)3-2-7(9(10)14)11(6-13)4-5-11/h2-3,14H,4-6,13H2,1H3. The topological polar surface area (TPSA) is 55.5 Å². The van der Waals surface area contributed by atoms with Gasteiger partial charge in [-0.15, -0.1) is 0 Å². The van der Waals surface area contributed by atoms with Crippen molar-refractivity contribution in [1.82, 2.24) is 0 Å². The summed E-state index contributed by atoms with van der Waals surface area (Å²) >= 11 is 0. The van der Waals surface area contributed by atoms with Gasteiger partial charge in [-0.25, -0.2) is 4.39 Å². The molecule has 0 unspecified atom stereocenters. The van der Waals surface area contributed by atoms with Crippen molar-refractivity contribution in [2.24, 2.45) is 5.73 Å². The first-order valence-corrected chi connectivity index (χ1v) is 4.90. The van der Waals surface area contributed by atoms with E-state index < -0.39 is 5.82 Å². The van der Waals surface area contributed by atoms with Gasteiger partial charge in [-0.3, -0.25) is 0 Å². The minimum absolute atomic E-state index is 0.0905. The normalized spacial score (nSPS) is 17.5. The van der Waals surface area contributed by atoms with Crippen LogP contribution in [-0.4, -0.2) is 18.8 Å². The van der Waals surface area contributed by atoms with Crippen LogP contribution in [0.3, 0.4) is 0 Å².